The van der Waals surface area contributed by atoms with Gasteiger partial charge in [0.25, 0.3) is 0 Å². The SMILES string of the molecule is C[C@]12CCC(=O)C=C1/C(=N/O)CC1C2CC[C@]2(C)C(=O)CCC12. The van der Waals surface area contributed by atoms with Crippen molar-refractivity contribution >= 4 is 17.3 Å². The molecule has 4 nitrogen and oxygen atoms in total. The Bertz CT molecular complexity index is 649. The zero-order chi connectivity index (χ0) is 16.4. The number of hydrogen-bond donors (Lipinski definition) is 1. The molecule has 1 N–H and O–H groups in total. The molecule has 3 unspecified atom stereocenters. The maximum absolute atomic E-state index is 12.4. The zero-order valence-electron chi connectivity index (χ0n) is 14.0. The quantitative estimate of drug-likeness (QED) is 0.549. The van der Waals surface area contributed by atoms with Gasteiger partial charge in [-0.3, -0.25) is 9.59 Å². The summed E-state index contributed by atoms with van der Waals surface area (Å²) >= 11 is 0. The van der Waals surface area contributed by atoms with Crippen LogP contribution < -0.4 is 0 Å². The Kier molecular flexibility index (Phi) is 3.14. The van der Waals surface area contributed by atoms with Gasteiger partial charge in [0.2, 0.25) is 0 Å². The lowest BCUT2D eigenvalue weighted by Gasteiger charge is -2.56. The molecule has 4 heteroatoms. The van der Waals surface area contributed by atoms with Crippen molar-refractivity contribution in [2.45, 2.75) is 58.8 Å². The van der Waals surface area contributed by atoms with Crippen LogP contribution in [0.15, 0.2) is 16.8 Å². The van der Waals surface area contributed by atoms with Gasteiger partial charge in [-0.1, -0.05) is 19.0 Å². The molecule has 0 bridgehead atoms. The van der Waals surface area contributed by atoms with Crippen molar-refractivity contribution in [2.24, 2.45) is 33.7 Å². The molecule has 4 rings (SSSR count). The van der Waals surface area contributed by atoms with E-state index in [1.165, 1.54) is 0 Å². The first-order chi connectivity index (χ1) is 10.9. The summed E-state index contributed by atoms with van der Waals surface area (Å²) in [6.45, 7) is 4.39. The van der Waals surface area contributed by atoms with Gasteiger partial charge in [0.05, 0.1) is 5.71 Å². The minimum Gasteiger partial charge on any atom is -0.411 e. The fourth-order valence-electron chi connectivity index (χ4n) is 6.28. The van der Waals surface area contributed by atoms with Crippen LogP contribution >= 0.6 is 0 Å². The fourth-order valence-corrected chi connectivity index (χ4v) is 6.28. The van der Waals surface area contributed by atoms with E-state index in [0.717, 1.165) is 31.3 Å². The van der Waals surface area contributed by atoms with Crippen LogP contribution in [0.2, 0.25) is 0 Å². The number of fused-ring (bicyclic) bond motifs is 5. The van der Waals surface area contributed by atoms with Crippen LogP contribution in [0.4, 0.5) is 0 Å². The Labute approximate surface area is 137 Å². The van der Waals surface area contributed by atoms with E-state index in [-0.39, 0.29) is 16.6 Å². The van der Waals surface area contributed by atoms with Crippen molar-refractivity contribution in [3.63, 3.8) is 0 Å². The molecule has 4 aliphatic carbocycles. The third-order valence-electron chi connectivity index (χ3n) is 7.64. The molecule has 0 aromatic carbocycles. The van der Waals surface area contributed by atoms with Gasteiger partial charge in [0.15, 0.2) is 5.78 Å². The van der Waals surface area contributed by atoms with E-state index in [4.69, 9.17) is 0 Å². The maximum Gasteiger partial charge on any atom is 0.156 e. The van der Waals surface area contributed by atoms with Gasteiger partial charge in [-0.15, -0.1) is 0 Å². The standard InChI is InChI=1S/C19H25NO3/c1-18-7-5-11(21)9-15(18)16(20-23)10-12-13-3-4-17(22)19(13,2)8-6-14(12)18/h9,12-14,23H,3-8,10H2,1-2H3/b20-16+/t12?,13?,14?,18-,19+/m1/s1. The van der Waals surface area contributed by atoms with Crippen LogP contribution in [-0.2, 0) is 9.59 Å². The minimum atomic E-state index is -0.177. The zero-order valence-corrected chi connectivity index (χ0v) is 14.0. The van der Waals surface area contributed by atoms with E-state index in [9.17, 15) is 14.8 Å². The van der Waals surface area contributed by atoms with Gasteiger partial charge in [-0.2, -0.15) is 0 Å². The molecule has 0 aromatic heterocycles. The van der Waals surface area contributed by atoms with Gasteiger partial charge < -0.3 is 5.21 Å². The van der Waals surface area contributed by atoms with Gasteiger partial charge in [-0.05, 0) is 66.9 Å². The monoisotopic (exact) mass is 315 g/mol. The number of oxime groups is 1. The first-order valence-electron chi connectivity index (χ1n) is 8.90. The molecule has 23 heavy (non-hydrogen) atoms. The summed E-state index contributed by atoms with van der Waals surface area (Å²) in [5.41, 5.74) is 1.39. The first kappa shape index (κ1) is 15.1. The molecule has 4 aliphatic rings. The van der Waals surface area contributed by atoms with Gasteiger partial charge in [0, 0.05) is 18.3 Å². The lowest BCUT2D eigenvalue weighted by atomic mass is 9.47. The number of Topliss-reactive ketones (excluding diaryl/α,β-unsaturated/α-hetero) is 1. The van der Waals surface area contributed by atoms with Gasteiger partial charge >= 0.3 is 0 Å². The molecular weight excluding hydrogens is 290 g/mol. The summed E-state index contributed by atoms with van der Waals surface area (Å²) in [7, 11) is 0. The Hall–Kier alpha value is -1.45. The Morgan fingerprint density at radius 3 is 2.57 bits per heavy atom. The first-order valence-corrected chi connectivity index (χ1v) is 8.90. The molecule has 3 saturated carbocycles. The van der Waals surface area contributed by atoms with Crippen LogP contribution in [0.3, 0.4) is 0 Å². The van der Waals surface area contributed by atoms with E-state index in [0.29, 0.717) is 48.5 Å². The normalized spacial score (nSPS) is 47.8. The van der Waals surface area contributed by atoms with Crippen LogP contribution in [0.25, 0.3) is 0 Å². The average molecular weight is 315 g/mol. The summed E-state index contributed by atoms with van der Waals surface area (Å²) in [5, 5.41) is 13.1. The molecular formula is C19H25NO3. The lowest BCUT2D eigenvalue weighted by Crippen LogP contribution is -2.53. The molecule has 124 valence electrons. The molecule has 0 spiro atoms. The Morgan fingerprint density at radius 2 is 1.83 bits per heavy atom. The van der Waals surface area contributed by atoms with Crippen molar-refractivity contribution < 1.29 is 14.8 Å². The maximum atomic E-state index is 12.4. The topological polar surface area (TPSA) is 66.7 Å². The highest BCUT2D eigenvalue weighted by Crippen LogP contribution is 2.63. The second-order valence-corrected chi connectivity index (χ2v) is 8.49. The molecule has 0 amide bonds. The van der Waals surface area contributed by atoms with E-state index in [2.05, 4.69) is 19.0 Å². The smallest absolute Gasteiger partial charge is 0.156 e. The van der Waals surface area contributed by atoms with Crippen LogP contribution in [0, 0.1) is 28.6 Å². The second kappa shape index (κ2) is 4.78. The van der Waals surface area contributed by atoms with Crippen molar-refractivity contribution in [3.05, 3.63) is 11.6 Å². The number of nitrogens with zero attached hydrogens (tertiary/aromatic N) is 1. The van der Waals surface area contributed by atoms with Gasteiger partial charge in [0.1, 0.15) is 5.78 Å². The lowest BCUT2D eigenvalue weighted by molar-refractivity contribution is -0.131. The molecule has 0 heterocycles. The summed E-state index contributed by atoms with van der Waals surface area (Å²) in [6.07, 6.45) is 7.56. The van der Waals surface area contributed by atoms with Crippen LogP contribution in [0.1, 0.15) is 58.8 Å². The molecule has 3 fully saturated rings. The Balaban J connectivity index is 1.79. The third-order valence-corrected chi connectivity index (χ3v) is 7.64. The van der Waals surface area contributed by atoms with Crippen molar-refractivity contribution in [2.75, 3.05) is 0 Å². The predicted octanol–water partition coefficient (Wildman–Crippen LogP) is 3.53. The highest BCUT2D eigenvalue weighted by Gasteiger charge is 2.60. The van der Waals surface area contributed by atoms with E-state index in [1.54, 1.807) is 6.08 Å². The Morgan fingerprint density at radius 1 is 1.09 bits per heavy atom. The number of ketones is 2. The largest absolute Gasteiger partial charge is 0.411 e. The summed E-state index contributed by atoms with van der Waals surface area (Å²) in [5.74, 6) is 1.88. The van der Waals surface area contributed by atoms with Crippen LogP contribution in [-0.4, -0.2) is 22.5 Å². The van der Waals surface area contributed by atoms with E-state index < -0.39 is 0 Å². The third kappa shape index (κ3) is 1.87. The highest BCUT2D eigenvalue weighted by atomic mass is 16.4. The number of allylic oxidation sites excluding steroid dienone is 1. The number of hydrogen-bond acceptors (Lipinski definition) is 4. The van der Waals surface area contributed by atoms with Gasteiger partial charge in [-0.25, -0.2) is 0 Å². The summed E-state index contributed by atoms with van der Waals surface area (Å²) in [6, 6.07) is 0. The molecule has 5 atom stereocenters. The van der Waals surface area contributed by atoms with Crippen LogP contribution in [0.5, 0.6) is 0 Å². The molecule has 0 aliphatic heterocycles. The molecule has 0 radical (unpaired) electrons. The predicted molar refractivity (Wildman–Crippen MR) is 86.3 cm³/mol. The summed E-state index contributed by atoms with van der Waals surface area (Å²) in [4.78, 5) is 24.3. The van der Waals surface area contributed by atoms with Crippen molar-refractivity contribution in [1.29, 1.82) is 0 Å². The van der Waals surface area contributed by atoms with Crippen molar-refractivity contribution in [1.82, 2.24) is 0 Å². The number of carbonyl (C=O) groups excluding carboxylic acids is 2. The summed E-state index contributed by atoms with van der Waals surface area (Å²) < 4.78 is 0. The van der Waals surface area contributed by atoms with E-state index in [1.807, 2.05) is 0 Å². The fraction of sp³-hybridized carbons (Fsp3) is 0.737. The molecule has 0 saturated heterocycles. The average Bonchev–Trinajstić information content (AvgIpc) is 2.83. The van der Waals surface area contributed by atoms with E-state index >= 15 is 0 Å². The molecule has 0 aromatic rings. The minimum absolute atomic E-state index is 0.0780. The highest BCUT2D eigenvalue weighted by molar-refractivity contribution is 6.08. The number of rotatable bonds is 0. The van der Waals surface area contributed by atoms with Crippen molar-refractivity contribution in [3.8, 4) is 0 Å². The second-order valence-electron chi connectivity index (χ2n) is 8.49. The number of carbonyl (C=O) groups is 2.